The maximum Gasteiger partial charge on any atom is 0.215 e. The molecule has 0 spiro atoms. The van der Waals surface area contributed by atoms with Gasteiger partial charge in [-0.2, -0.15) is 5.10 Å². The summed E-state index contributed by atoms with van der Waals surface area (Å²) in [5.74, 6) is 0.919. The van der Waals surface area contributed by atoms with Crippen LogP contribution in [0.5, 0.6) is 5.88 Å². The Hall–Kier alpha value is -1.84. The van der Waals surface area contributed by atoms with Crippen LogP contribution in [0.2, 0.25) is 0 Å². The molecule has 4 nitrogen and oxygen atoms in total. The molecule has 21 heavy (non-hydrogen) atoms. The highest BCUT2D eigenvalue weighted by Gasteiger charge is 2.25. The quantitative estimate of drug-likeness (QED) is 0.839. The van der Waals surface area contributed by atoms with E-state index in [0.717, 1.165) is 47.7 Å². The summed E-state index contributed by atoms with van der Waals surface area (Å²) < 4.78 is 8.13. The van der Waals surface area contributed by atoms with E-state index in [4.69, 9.17) is 9.84 Å². The van der Waals surface area contributed by atoms with Gasteiger partial charge in [-0.15, -0.1) is 0 Å². The molecule has 0 fully saturated rings. The molecule has 4 heteroatoms. The fourth-order valence-electron chi connectivity index (χ4n) is 2.84. The summed E-state index contributed by atoms with van der Waals surface area (Å²) >= 11 is 0. The molecule has 0 saturated heterocycles. The highest BCUT2D eigenvalue weighted by Crippen LogP contribution is 2.35. The van der Waals surface area contributed by atoms with E-state index in [9.17, 15) is 0 Å². The minimum atomic E-state index is 0.248. The van der Waals surface area contributed by atoms with Gasteiger partial charge >= 0.3 is 0 Å². The van der Waals surface area contributed by atoms with Gasteiger partial charge in [0.2, 0.25) is 5.88 Å². The van der Waals surface area contributed by atoms with E-state index in [0.29, 0.717) is 6.04 Å². The highest BCUT2D eigenvalue weighted by molar-refractivity contribution is 5.64. The zero-order valence-corrected chi connectivity index (χ0v) is 13.3. The number of aromatic nitrogens is 3. The summed E-state index contributed by atoms with van der Waals surface area (Å²) in [5, 5.41) is 4.80. The topological polar surface area (TPSA) is 39.9 Å². The third-order valence-corrected chi connectivity index (χ3v) is 4.27. The molecule has 0 radical (unpaired) electrons. The molecule has 1 aliphatic heterocycles. The molecule has 0 N–H and O–H groups in total. The Bertz CT molecular complexity index is 630. The molecular formula is C17H23N3O. The molecule has 1 aliphatic rings. The van der Waals surface area contributed by atoms with Crippen LogP contribution in [-0.4, -0.2) is 20.9 Å². The van der Waals surface area contributed by atoms with Gasteiger partial charge in [0.25, 0.3) is 0 Å². The number of ether oxygens (including phenoxy) is 1. The normalized spacial score (nSPS) is 21.5. The van der Waals surface area contributed by atoms with E-state index >= 15 is 0 Å². The van der Waals surface area contributed by atoms with Crippen LogP contribution >= 0.6 is 0 Å². The molecule has 0 unspecified atom stereocenters. The zero-order chi connectivity index (χ0) is 15.0. The molecule has 2 atom stereocenters. The van der Waals surface area contributed by atoms with Crippen molar-refractivity contribution in [2.24, 2.45) is 0 Å². The third kappa shape index (κ3) is 2.55. The first-order valence-electron chi connectivity index (χ1n) is 7.81. The second-order valence-corrected chi connectivity index (χ2v) is 5.97. The second-order valence-electron chi connectivity index (χ2n) is 5.97. The monoisotopic (exact) mass is 285 g/mol. The van der Waals surface area contributed by atoms with Crippen molar-refractivity contribution in [2.45, 2.75) is 59.1 Å². The molecule has 3 rings (SSSR count). The van der Waals surface area contributed by atoms with Gasteiger partial charge in [-0.25, -0.2) is 4.68 Å². The fraction of sp³-hybridized carbons (Fsp3) is 0.529. The van der Waals surface area contributed by atoms with Gasteiger partial charge in [0.05, 0.1) is 12.1 Å². The molecule has 0 saturated carbocycles. The Morgan fingerprint density at radius 2 is 2.10 bits per heavy atom. The van der Waals surface area contributed by atoms with Crippen LogP contribution < -0.4 is 4.74 Å². The maximum atomic E-state index is 6.09. The number of fused-ring (bicyclic) bond motifs is 1. The van der Waals surface area contributed by atoms with Crippen LogP contribution in [0.4, 0.5) is 0 Å². The number of rotatable bonds is 2. The first kappa shape index (κ1) is 14.1. The second kappa shape index (κ2) is 5.51. The smallest absolute Gasteiger partial charge is 0.215 e. The van der Waals surface area contributed by atoms with Crippen molar-refractivity contribution in [3.63, 3.8) is 0 Å². The Morgan fingerprint density at radius 3 is 2.76 bits per heavy atom. The molecule has 0 aromatic carbocycles. The van der Waals surface area contributed by atoms with Crippen LogP contribution in [0.15, 0.2) is 18.3 Å². The van der Waals surface area contributed by atoms with Crippen molar-refractivity contribution >= 4 is 0 Å². The average molecular weight is 285 g/mol. The van der Waals surface area contributed by atoms with Crippen LogP contribution in [0.1, 0.15) is 50.9 Å². The summed E-state index contributed by atoms with van der Waals surface area (Å²) in [6.45, 7) is 8.54. The Balaban J connectivity index is 2.04. The molecule has 2 aromatic heterocycles. The van der Waals surface area contributed by atoms with Crippen molar-refractivity contribution in [1.82, 2.24) is 14.8 Å². The van der Waals surface area contributed by atoms with Crippen molar-refractivity contribution in [3.8, 4) is 17.1 Å². The van der Waals surface area contributed by atoms with Crippen molar-refractivity contribution in [3.05, 3.63) is 29.6 Å². The lowest BCUT2D eigenvalue weighted by Crippen LogP contribution is -2.10. The van der Waals surface area contributed by atoms with E-state index in [-0.39, 0.29) is 6.10 Å². The van der Waals surface area contributed by atoms with Crippen LogP contribution in [0.3, 0.4) is 0 Å². The van der Waals surface area contributed by atoms with Gasteiger partial charge in [0, 0.05) is 23.0 Å². The predicted molar refractivity (Wildman–Crippen MR) is 83.6 cm³/mol. The van der Waals surface area contributed by atoms with Crippen molar-refractivity contribution in [2.75, 3.05) is 0 Å². The highest BCUT2D eigenvalue weighted by atomic mass is 16.5. The molecular weight excluding hydrogens is 262 g/mol. The summed E-state index contributed by atoms with van der Waals surface area (Å²) in [7, 11) is 0. The lowest BCUT2D eigenvalue weighted by Gasteiger charge is -2.11. The average Bonchev–Trinajstić information content (AvgIpc) is 2.74. The summed E-state index contributed by atoms with van der Waals surface area (Å²) in [5.41, 5.74) is 4.27. The number of nitrogens with zero attached hydrogens (tertiary/aromatic N) is 3. The molecule has 2 aromatic rings. The Morgan fingerprint density at radius 1 is 1.29 bits per heavy atom. The predicted octanol–water partition coefficient (Wildman–Crippen LogP) is 3.94. The van der Waals surface area contributed by atoms with Gasteiger partial charge in [-0.1, -0.05) is 6.92 Å². The summed E-state index contributed by atoms with van der Waals surface area (Å²) in [6, 6.07) is 4.56. The number of aryl methyl sites for hydroxylation is 1. The Kier molecular flexibility index (Phi) is 3.70. The van der Waals surface area contributed by atoms with Crippen LogP contribution in [0, 0.1) is 6.92 Å². The minimum Gasteiger partial charge on any atom is -0.475 e. The van der Waals surface area contributed by atoms with Crippen LogP contribution in [0.25, 0.3) is 11.3 Å². The fourth-order valence-corrected chi connectivity index (χ4v) is 2.84. The molecule has 0 aliphatic carbocycles. The van der Waals surface area contributed by atoms with Gasteiger partial charge < -0.3 is 4.74 Å². The first-order valence-corrected chi connectivity index (χ1v) is 7.81. The number of pyridine rings is 1. The number of hydrogen-bond donors (Lipinski definition) is 0. The van der Waals surface area contributed by atoms with Gasteiger partial charge in [0.1, 0.15) is 5.69 Å². The summed E-state index contributed by atoms with van der Waals surface area (Å²) in [6.07, 6.45) is 5.30. The molecule has 0 amide bonds. The molecule has 112 valence electrons. The van der Waals surface area contributed by atoms with Gasteiger partial charge in [0.15, 0.2) is 0 Å². The standard InChI is InChI=1S/C17H23N3O/c1-5-15-9-8-14(10-18-15)16-13(4)17-20(19-16)11(2)6-7-12(3)21-17/h8-12H,5-7H2,1-4H3/t11-,12+/m1/s1. The van der Waals surface area contributed by atoms with E-state index in [1.165, 1.54) is 0 Å². The van der Waals surface area contributed by atoms with Crippen LogP contribution in [-0.2, 0) is 6.42 Å². The van der Waals surface area contributed by atoms with E-state index in [1.54, 1.807) is 0 Å². The molecule has 3 heterocycles. The Labute approximate surface area is 126 Å². The third-order valence-electron chi connectivity index (χ3n) is 4.27. The maximum absolute atomic E-state index is 6.09. The lowest BCUT2D eigenvalue weighted by molar-refractivity contribution is 0.207. The number of hydrogen-bond acceptors (Lipinski definition) is 3. The van der Waals surface area contributed by atoms with Crippen molar-refractivity contribution < 1.29 is 4.74 Å². The minimum absolute atomic E-state index is 0.248. The van der Waals surface area contributed by atoms with Crippen molar-refractivity contribution in [1.29, 1.82) is 0 Å². The molecule has 0 bridgehead atoms. The van der Waals surface area contributed by atoms with Gasteiger partial charge in [-0.3, -0.25) is 4.98 Å². The van der Waals surface area contributed by atoms with E-state index < -0.39 is 0 Å². The SMILES string of the molecule is CCc1ccc(-c2nn3c(c2C)O[C@@H](C)CC[C@H]3C)cn1. The first-order chi connectivity index (χ1) is 10.1. The largest absolute Gasteiger partial charge is 0.475 e. The summed E-state index contributed by atoms with van der Waals surface area (Å²) in [4.78, 5) is 4.48. The zero-order valence-electron chi connectivity index (χ0n) is 13.3. The van der Waals surface area contributed by atoms with Gasteiger partial charge in [-0.05, 0) is 52.2 Å². The van der Waals surface area contributed by atoms with E-state index in [2.05, 4.69) is 44.8 Å². The van der Waals surface area contributed by atoms with E-state index in [1.807, 2.05) is 10.9 Å². The lowest BCUT2D eigenvalue weighted by atomic mass is 10.1.